The number of anilines is 2. The fourth-order valence-electron chi connectivity index (χ4n) is 3.30. The summed E-state index contributed by atoms with van der Waals surface area (Å²) in [4.78, 5) is 28.3. The molecule has 2 amide bonds. The molecular weight excluding hydrogens is 312 g/mol. The highest BCUT2D eigenvalue weighted by Crippen LogP contribution is 2.28. The Kier molecular flexibility index (Phi) is 4.88. The van der Waals surface area contributed by atoms with Gasteiger partial charge in [0.05, 0.1) is 0 Å². The van der Waals surface area contributed by atoms with Gasteiger partial charge in [0.2, 0.25) is 11.8 Å². The second-order valence-electron chi connectivity index (χ2n) is 6.61. The molecule has 0 aliphatic carbocycles. The molecule has 0 saturated heterocycles. The van der Waals surface area contributed by atoms with Gasteiger partial charge in [-0.3, -0.25) is 9.59 Å². The first kappa shape index (κ1) is 17.2. The molecule has 0 N–H and O–H groups in total. The summed E-state index contributed by atoms with van der Waals surface area (Å²) in [5.41, 5.74) is 5.41. The Balaban J connectivity index is 1.71. The fourth-order valence-corrected chi connectivity index (χ4v) is 3.30. The monoisotopic (exact) mass is 336 g/mol. The van der Waals surface area contributed by atoms with Crippen molar-refractivity contribution in [2.75, 3.05) is 22.9 Å². The Hall–Kier alpha value is -2.62. The van der Waals surface area contributed by atoms with Crippen molar-refractivity contribution in [3.05, 3.63) is 59.2 Å². The van der Waals surface area contributed by atoms with Crippen LogP contribution in [0.1, 0.15) is 30.0 Å². The molecule has 2 aromatic carbocycles. The number of hydrogen-bond donors (Lipinski definition) is 0. The molecule has 0 atom stereocenters. The van der Waals surface area contributed by atoms with Gasteiger partial charge in [-0.05, 0) is 55.2 Å². The fraction of sp³-hybridized carbons (Fsp3) is 0.333. The molecule has 1 aliphatic heterocycles. The van der Waals surface area contributed by atoms with E-state index in [1.807, 2.05) is 55.1 Å². The van der Waals surface area contributed by atoms with Crippen LogP contribution < -0.4 is 9.80 Å². The summed E-state index contributed by atoms with van der Waals surface area (Å²) in [6.45, 7) is 6.75. The van der Waals surface area contributed by atoms with Gasteiger partial charge >= 0.3 is 0 Å². The van der Waals surface area contributed by atoms with Crippen LogP contribution in [0.5, 0.6) is 0 Å². The van der Waals surface area contributed by atoms with Crippen molar-refractivity contribution in [2.45, 2.75) is 33.6 Å². The highest BCUT2D eigenvalue weighted by Gasteiger charge is 2.24. The Bertz CT molecular complexity index is 813. The van der Waals surface area contributed by atoms with Gasteiger partial charge in [0.15, 0.2) is 0 Å². The van der Waals surface area contributed by atoms with Gasteiger partial charge in [0.1, 0.15) is 0 Å². The molecule has 4 heteroatoms. The Morgan fingerprint density at radius 3 is 2.56 bits per heavy atom. The van der Waals surface area contributed by atoms with Crippen LogP contribution in [0.2, 0.25) is 0 Å². The summed E-state index contributed by atoms with van der Waals surface area (Å²) >= 11 is 0. The number of carbonyl (C=O) groups excluding carboxylic acids is 2. The Morgan fingerprint density at radius 2 is 1.84 bits per heavy atom. The van der Waals surface area contributed by atoms with E-state index in [0.29, 0.717) is 13.0 Å². The van der Waals surface area contributed by atoms with Crippen molar-refractivity contribution in [1.82, 2.24) is 0 Å². The van der Waals surface area contributed by atoms with E-state index in [-0.39, 0.29) is 11.8 Å². The topological polar surface area (TPSA) is 40.6 Å². The minimum Gasteiger partial charge on any atom is -0.312 e. The van der Waals surface area contributed by atoms with Gasteiger partial charge in [-0.2, -0.15) is 0 Å². The standard InChI is InChI=1S/C21H24N2O2/c1-15-8-9-19(14-16(15)2)22(17(3)24)13-11-21(25)23-12-10-18-6-4-5-7-20(18)23/h4-9,14H,10-13H2,1-3H3. The molecule has 0 radical (unpaired) electrons. The number of benzene rings is 2. The van der Waals surface area contributed by atoms with E-state index in [2.05, 4.69) is 6.07 Å². The minimum atomic E-state index is -0.0436. The molecule has 2 aromatic rings. The number of carbonyl (C=O) groups is 2. The van der Waals surface area contributed by atoms with Crippen molar-refractivity contribution in [1.29, 1.82) is 0 Å². The number of nitrogens with zero attached hydrogens (tertiary/aromatic N) is 2. The summed E-state index contributed by atoms with van der Waals surface area (Å²) in [6.07, 6.45) is 1.22. The van der Waals surface area contributed by atoms with E-state index in [4.69, 9.17) is 0 Å². The first-order valence-electron chi connectivity index (χ1n) is 8.71. The van der Waals surface area contributed by atoms with Gasteiger partial charge in [0, 0.05) is 37.8 Å². The third-order valence-electron chi connectivity index (χ3n) is 4.92. The predicted molar refractivity (Wildman–Crippen MR) is 101 cm³/mol. The molecule has 3 rings (SSSR count). The molecule has 1 heterocycles. The van der Waals surface area contributed by atoms with Crippen molar-refractivity contribution in [3.63, 3.8) is 0 Å². The molecule has 25 heavy (non-hydrogen) atoms. The lowest BCUT2D eigenvalue weighted by Gasteiger charge is -2.24. The van der Waals surface area contributed by atoms with E-state index in [0.717, 1.165) is 29.9 Å². The normalized spacial score (nSPS) is 12.8. The van der Waals surface area contributed by atoms with Crippen LogP contribution in [0.25, 0.3) is 0 Å². The molecule has 130 valence electrons. The number of para-hydroxylation sites is 1. The molecule has 4 nitrogen and oxygen atoms in total. The Morgan fingerprint density at radius 1 is 1.08 bits per heavy atom. The number of amides is 2. The summed E-state index contributed by atoms with van der Waals surface area (Å²) in [5.74, 6) is 0.0258. The SMILES string of the molecule is CC(=O)N(CCC(=O)N1CCc2ccccc21)c1ccc(C)c(C)c1. The van der Waals surface area contributed by atoms with Crippen LogP contribution in [0, 0.1) is 13.8 Å². The van der Waals surface area contributed by atoms with Crippen LogP contribution in [0.15, 0.2) is 42.5 Å². The lowest BCUT2D eigenvalue weighted by molar-refractivity contribution is -0.118. The number of rotatable bonds is 4. The van der Waals surface area contributed by atoms with E-state index in [9.17, 15) is 9.59 Å². The maximum Gasteiger partial charge on any atom is 0.228 e. The van der Waals surface area contributed by atoms with Crippen LogP contribution >= 0.6 is 0 Å². The third-order valence-corrected chi connectivity index (χ3v) is 4.92. The van der Waals surface area contributed by atoms with Crippen molar-refractivity contribution < 1.29 is 9.59 Å². The third kappa shape index (κ3) is 3.58. The van der Waals surface area contributed by atoms with Gasteiger partial charge in [-0.25, -0.2) is 0 Å². The molecule has 0 bridgehead atoms. The first-order valence-corrected chi connectivity index (χ1v) is 8.71. The number of aryl methyl sites for hydroxylation is 2. The zero-order valence-corrected chi connectivity index (χ0v) is 15.1. The summed E-state index contributed by atoms with van der Waals surface area (Å²) < 4.78 is 0. The zero-order chi connectivity index (χ0) is 18.0. The minimum absolute atomic E-state index is 0.0436. The van der Waals surface area contributed by atoms with Crippen LogP contribution in [-0.4, -0.2) is 24.9 Å². The summed E-state index contributed by atoms with van der Waals surface area (Å²) in [6, 6.07) is 14.0. The highest BCUT2D eigenvalue weighted by atomic mass is 16.2. The molecular formula is C21H24N2O2. The quantitative estimate of drug-likeness (QED) is 0.855. The van der Waals surface area contributed by atoms with Crippen molar-refractivity contribution in [3.8, 4) is 0 Å². The second kappa shape index (κ2) is 7.09. The molecule has 0 aromatic heterocycles. The largest absolute Gasteiger partial charge is 0.312 e. The van der Waals surface area contributed by atoms with Gasteiger partial charge < -0.3 is 9.80 Å². The molecule has 0 fully saturated rings. The van der Waals surface area contributed by atoms with Gasteiger partial charge in [-0.1, -0.05) is 24.3 Å². The zero-order valence-electron chi connectivity index (χ0n) is 15.1. The summed E-state index contributed by atoms with van der Waals surface area (Å²) in [7, 11) is 0. The van der Waals surface area contributed by atoms with Crippen molar-refractivity contribution in [2.24, 2.45) is 0 Å². The number of fused-ring (bicyclic) bond motifs is 1. The van der Waals surface area contributed by atoms with Crippen molar-refractivity contribution >= 4 is 23.2 Å². The Labute approximate surface area is 149 Å². The van der Waals surface area contributed by atoms with Gasteiger partial charge in [0.25, 0.3) is 0 Å². The lowest BCUT2D eigenvalue weighted by atomic mass is 10.1. The van der Waals surface area contributed by atoms with E-state index >= 15 is 0 Å². The number of hydrogen-bond acceptors (Lipinski definition) is 2. The first-order chi connectivity index (χ1) is 12.0. The van der Waals surface area contributed by atoms with E-state index in [1.165, 1.54) is 11.1 Å². The van der Waals surface area contributed by atoms with Crippen LogP contribution in [0.4, 0.5) is 11.4 Å². The molecule has 1 aliphatic rings. The smallest absolute Gasteiger partial charge is 0.228 e. The van der Waals surface area contributed by atoms with Crippen LogP contribution in [0.3, 0.4) is 0 Å². The summed E-state index contributed by atoms with van der Waals surface area (Å²) in [5, 5.41) is 0. The highest BCUT2D eigenvalue weighted by molar-refractivity contribution is 5.97. The second-order valence-corrected chi connectivity index (χ2v) is 6.61. The average molecular weight is 336 g/mol. The van der Waals surface area contributed by atoms with Gasteiger partial charge in [-0.15, -0.1) is 0 Å². The predicted octanol–water partition coefficient (Wildman–Crippen LogP) is 3.64. The lowest BCUT2D eigenvalue weighted by Crippen LogP contribution is -2.35. The van der Waals surface area contributed by atoms with E-state index < -0.39 is 0 Å². The van der Waals surface area contributed by atoms with E-state index in [1.54, 1.807) is 11.8 Å². The molecule has 0 spiro atoms. The molecule has 0 unspecified atom stereocenters. The van der Waals surface area contributed by atoms with Crippen LogP contribution in [-0.2, 0) is 16.0 Å². The average Bonchev–Trinajstić information content (AvgIpc) is 3.02. The maximum absolute atomic E-state index is 12.7. The molecule has 0 saturated carbocycles. The maximum atomic E-state index is 12.7.